The van der Waals surface area contributed by atoms with Gasteiger partial charge >= 0.3 is 0 Å². The molecule has 1 aromatic heterocycles. The SMILES string of the molecule is C/C(=N\OCc1ccc(C)cc1)c1ccc(OCc2cc(=O)[nH]o2)cc1. The van der Waals surface area contributed by atoms with Crippen molar-refractivity contribution in [3.05, 3.63) is 87.4 Å². The summed E-state index contributed by atoms with van der Waals surface area (Å²) in [4.78, 5) is 16.4. The minimum atomic E-state index is -0.281. The van der Waals surface area contributed by atoms with Crippen LogP contribution in [-0.2, 0) is 18.1 Å². The number of aromatic amines is 1. The van der Waals surface area contributed by atoms with Gasteiger partial charge in [0, 0.05) is 0 Å². The predicted molar refractivity (Wildman–Crippen MR) is 98.3 cm³/mol. The molecule has 1 N–H and O–H groups in total. The number of rotatable bonds is 7. The third kappa shape index (κ3) is 4.86. The Kier molecular flexibility index (Phi) is 5.53. The maximum absolute atomic E-state index is 11.0. The number of aryl methyl sites for hydroxylation is 1. The monoisotopic (exact) mass is 352 g/mol. The Morgan fingerprint density at radius 2 is 1.81 bits per heavy atom. The lowest BCUT2D eigenvalue weighted by Crippen LogP contribution is -1.98. The first kappa shape index (κ1) is 17.5. The Morgan fingerprint density at radius 3 is 2.46 bits per heavy atom. The molecule has 0 saturated carbocycles. The number of hydrogen-bond acceptors (Lipinski definition) is 5. The van der Waals surface area contributed by atoms with E-state index in [4.69, 9.17) is 14.1 Å². The number of nitrogens with one attached hydrogen (secondary N) is 1. The zero-order chi connectivity index (χ0) is 18.4. The highest BCUT2D eigenvalue weighted by Gasteiger charge is 2.03. The van der Waals surface area contributed by atoms with Crippen molar-refractivity contribution in [2.24, 2.45) is 5.16 Å². The van der Waals surface area contributed by atoms with Crippen molar-refractivity contribution in [2.45, 2.75) is 27.1 Å². The molecule has 0 aliphatic rings. The number of hydrogen-bond donors (Lipinski definition) is 1. The third-order valence-electron chi connectivity index (χ3n) is 3.78. The van der Waals surface area contributed by atoms with E-state index in [1.807, 2.05) is 55.5 Å². The van der Waals surface area contributed by atoms with Crippen LogP contribution in [0.5, 0.6) is 5.75 Å². The second-order valence-corrected chi connectivity index (χ2v) is 5.93. The third-order valence-corrected chi connectivity index (χ3v) is 3.78. The summed E-state index contributed by atoms with van der Waals surface area (Å²) in [5, 5.41) is 6.38. The maximum atomic E-state index is 11.0. The first-order chi connectivity index (χ1) is 12.6. The number of H-pyrrole nitrogens is 1. The molecule has 6 nitrogen and oxygen atoms in total. The van der Waals surface area contributed by atoms with Crippen LogP contribution < -0.4 is 10.3 Å². The minimum Gasteiger partial charge on any atom is -0.486 e. The summed E-state index contributed by atoms with van der Waals surface area (Å²) in [7, 11) is 0. The van der Waals surface area contributed by atoms with Crippen molar-refractivity contribution < 1.29 is 14.1 Å². The van der Waals surface area contributed by atoms with E-state index in [2.05, 4.69) is 17.2 Å². The van der Waals surface area contributed by atoms with Crippen LogP contribution in [0.15, 0.2) is 69.1 Å². The Labute approximate surface area is 151 Å². The molecule has 3 rings (SSSR count). The molecule has 134 valence electrons. The lowest BCUT2D eigenvalue weighted by molar-refractivity contribution is 0.130. The number of aromatic nitrogens is 1. The van der Waals surface area contributed by atoms with Gasteiger partial charge in [0.05, 0.1) is 11.8 Å². The lowest BCUT2D eigenvalue weighted by atomic mass is 10.1. The molecule has 0 aliphatic heterocycles. The van der Waals surface area contributed by atoms with E-state index in [1.54, 1.807) is 0 Å². The fourth-order valence-corrected chi connectivity index (χ4v) is 2.28. The maximum Gasteiger partial charge on any atom is 0.280 e. The molecule has 0 atom stereocenters. The highest BCUT2D eigenvalue weighted by molar-refractivity contribution is 5.98. The second-order valence-electron chi connectivity index (χ2n) is 5.93. The van der Waals surface area contributed by atoms with Crippen molar-refractivity contribution in [3.8, 4) is 5.75 Å². The van der Waals surface area contributed by atoms with Crippen LogP contribution >= 0.6 is 0 Å². The van der Waals surface area contributed by atoms with Gasteiger partial charge in [-0.25, -0.2) is 0 Å². The van der Waals surface area contributed by atoms with Crippen LogP contribution in [0.2, 0.25) is 0 Å². The first-order valence-corrected chi connectivity index (χ1v) is 8.23. The molecule has 0 spiro atoms. The average Bonchev–Trinajstić information content (AvgIpc) is 3.07. The lowest BCUT2D eigenvalue weighted by Gasteiger charge is -2.06. The van der Waals surface area contributed by atoms with Crippen LogP contribution in [0, 0.1) is 6.92 Å². The Bertz CT molecular complexity index is 921. The van der Waals surface area contributed by atoms with Crippen LogP contribution in [-0.4, -0.2) is 10.9 Å². The van der Waals surface area contributed by atoms with Gasteiger partial charge in [-0.1, -0.05) is 35.0 Å². The Hall–Kier alpha value is -3.28. The van der Waals surface area contributed by atoms with Crippen LogP contribution in [0.25, 0.3) is 0 Å². The molecular weight excluding hydrogens is 332 g/mol. The quantitative estimate of drug-likeness (QED) is 0.518. The molecule has 0 amide bonds. The minimum absolute atomic E-state index is 0.185. The molecule has 0 radical (unpaired) electrons. The number of ether oxygens (including phenoxy) is 1. The molecule has 6 heteroatoms. The first-order valence-electron chi connectivity index (χ1n) is 8.23. The molecule has 26 heavy (non-hydrogen) atoms. The molecule has 3 aromatic rings. The Balaban J connectivity index is 1.53. The molecule has 1 heterocycles. The second kappa shape index (κ2) is 8.20. The summed E-state index contributed by atoms with van der Waals surface area (Å²) in [5.41, 5.74) is 3.73. The zero-order valence-corrected chi connectivity index (χ0v) is 14.7. The van der Waals surface area contributed by atoms with E-state index in [9.17, 15) is 4.79 Å². The molecule has 0 bridgehead atoms. The normalized spacial score (nSPS) is 11.4. The molecule has 2 aromatic carbocycles. The largest absolute Gasteiger partial charge is 0.486 e. The zero-order valence-electron chi connectivity index (χ0n) is 14.7. The van der Waals surface area contributed by atoms with Gasteiger partial charge in [0.1, 0.15) is 19.0 Å². The predicted octanol–water partition coefficient (Wildman–Crippen LogP) is 3.80. The van der Waals surface area contributed by atoms with Crippen molar-refractivity contribution in [2.75, 3.05) is 0 Å². The number of benzene rings is 2. The van der Waals surface area contributed by atoms with E-state index in [0.29, 0.717) is 18.1 Å². The smallest absolute Gasteiger partial charge is 0.280 e. The van der Waals surface area contributed by atoms with Crippen molar-refractivity contribution in [1.29, 1.82) is 0 Å². The average molecular weight is 352 g/mol. The highest BCUT2D eigenvalue weighted by atomic mass is 16.6. The van der Waals surface area contributed by atoms with Crippen molar-refractivity contribution in [1.82, 2.24) is 5.16 Å². The summed E-state index contributed by atoms with van der Waals surface area (Å²) in [6.45, 7) is 4.55. The van der Waals surface area contributed by atoms with Gasteiger partial charge in [-0.15, -0.1) is 0 Å². The van der Waals surface area contributed by atoms with E-state index in [1.165, 1.54) is 11.6 Å². The molecule has 0 aliphatic carbocycles. The summed E-state index contributed by atoms with van der Waals surface area (Å²) in [6.07, 6.45) is 0. The van der Waals surface area contributed by atoms with Crippen molar-refractivity contribution >= 4 is 5.71 Å². The molecule has 0 saturated heterocycles. The van der Waals surface area contributed by atoms with Crippen LogP contribution in [0.3, 0.4) is 0 Å². The summed E-state index contributed by atoms with van der Waals surface area (Å²) in [6, 6.07) is 17.0. The van der Waals surface area contributed by atoms with Gasteiger partial charge in [0.25, 0.3) is 5.56 Å². The van der Waals surface area contributed by atoms with Gasteiger partial charge in [0.15, 0.2) is 5.76 Å². The number of oxime groups is 1. The standard InChI is InChI=1S/C20H20N2O4/c1-14-3-5-16(6-4-14)12-25-21-15(2)17-7-9-18(10-8-17)24-13-19-11-20(23)22-26-19/h3-11H,12-13H2,1-2H3,(H,22,23)/b21-15+. The summed E-state index contributed by atoms with van der Waals surface area (Å²) in [5.74, 6) is 1.12. The summed E-state index contributed by atoms with van der Waals surface area (Å²) < 4.78 is 10.5. The van der Waals surface area contributed by atoms with Gasteiger partial charge in [-0.05, 0) is 49.2 Å². The topological polar surface area (TPSA) is 76.8 Å². The summed E-state index contributed by atoms with van der Waals surface area (Å²) >= 11 is 0. The van der Waals surface area contributed by atoms with Gasteiger partial charge < -0.3 is 14.1 Å². The molecular formula is C20H20N2O4. The highest BCUT2D eigenvalue weighted by Crippen LogP contribution is 2.15. The van der Waals surface area contributed by atoms with Crippen LogP contribution in [0.1, 0.15) is 29.4 Å². The van der Waals surface area contributed by atoms with E-state index in [-0.39, 0.29) is 12.2 Å². The molecule has 0 unspecified atom stereocenters. The Morgan fingerprint density at radius 1 is 1.08 bits per heavy atom. The van der Waals surface area contributed by atoms with Gasteiger partial charge in [-0.3, -0.25) is 4.79 Å². The van der Waals surface area contributed by atoms with E-state index < -0.39 is 0 Å². The van der Waals surface area contributed by atoms with E-state index >= 15 is 0 Å². The number of nitrogens with zero attached hydrogens (tertiary/aromatic N) is 1. The van der Waals surface area contributed by atoms with Gasteiger partial charge in [0.2, 0.25) is 0 Å². The van der Waals surface area contributed by atoms with E-state index in [0.717, 1.165) is 16.8 Å². The van der Waals surface area contributed by atoms with Gasteiger partial charge in [-0.2, -0.15) is 5.16 Å². The molecule has 0 fully saturated rings. The van der Waals surface area contributed by atoms with Crippen LogP contribution in [0.4, 0.5) is 0 Å². The fraction of sp³-hybridized carbons (Fsp3) is 0.200. The van der Waals surface area contributed by atoms with Crippen molar-refractivity contribution in [3.63, 3.8) is 0 Å². The fourth-order valence-electron chi connectivity index (χ4n) is 2.28.